The molecule has 1 aromatic rings. The Balaban J connectivity index is 2.23. The smallest absolute Gasteiger partial charge is 0.355 e. The molecule has 0 aliphatic rings. The van der Waals surface area contributed by atoms with E-state index in [9.17, 15) is 4.79 Å². The van der Waals surface area contributed by atoms with Gasteiger partial charge >= 0.3 is 5.97 Å². The maximum atomic E-state index is 10.8. The van der Waals surface area contributed by atoms with Crippen molar-refractivity contribution in [3.8, 4) is 0 Å². The number of carboxylic acids is 1. The number of hydrogen-bond donors (Lipinski definition) is 2. The minimum absolute atomic E-state index is 0.121. The van der Waals surface area contributed by atoms with E-state index in [1.54, 1.807) is 6.92 Å². The highest BCUT2D eigenvalue weighted by atomic mass is 32.1. The fourth-order valence-corrected chi connectivity index (χ4v) is 2.08. The molecule has 0 aliphatic heterocycles. The highest BCUT2D eigenvalue weighted by Gasteiger charge is 2.13. The number of thiazole rings is 1. The molecule has 0 spiro atoms. The average Bonchev–Trinajstić information content (AvgIpc) is 2.64. The number of hydrogen-bond acceptors (Lipinski definition) is 6. The number of aromatic carboxylic acids is 1. The van der Waals surface area contributed by atoms with Crippen LogP contribution in [0, 0.1) is 6.92 Å². The van der Waals surface area contributed by atoms with Gasteiger partial charge in [0, 0.05) is 18.0 Å². The molecular formula is C11H19N3O3S. The number of aryl methyl sites for hydroxylation is 1. The van der Waals surface area contributed by atoms with E-state index in [0.717, 1.165) is 6.54 Å². The summed E-state index contributed by atoms with van der Waals surface area (Å²) in [6.45, 7) is 4.53. The summed E-state index contributed by atoms with van der Waals surface area (Å²) in [5.74, 6) is -0.987. The second-order valence-electron chi connectivity index (χ2n) is 4.07. The molecule has 0 bridgehead atoms. The molecule has 0 aromatic carbocycles. The molecule has 0 radical (unpaired) electrons. The number of carbonyl (C=O) groups is 1. The molecule has 1 heterocycles. The second-order valence-corrected chi connectivity index (χ2v) is 5.27. The highest BCUT2D eigenvalue weighted by Crippen LogP contribution is 2.21. The molecule has 6 nitrogen and oxygen atoms in total. The lowest BCUT2D eigenvalue weighted by molar-refractivity contribution is 0.0690. The van der Waals surface area contributed by atoms with Crippen molar-refractivity contribution in [3.05, 3.63) is 10.6 Å². The van der Waals surface area contributed by atoms with Gasteiger partial charge in [0.15, 0.2) is 10.8 Å². The number of nitrogens with zero attached hydrogens (tertiary/aromatic N) is 2. The van der Waals surface area contributed by atoms with Crippen LogP contribution in [0.5, 0.6) is 0 Å². The first-order valence-corrected chi connectivity index (χ1v) is 6.49. The molecule has 2 N–H and O–H groups in total. The summed E-state index contributed by atoms with van der Waals surface area (Å²) in [6, 6.07) is 0. The maximum Gasteiger partial charge on any atom is 0.355 e. The van der Waals surface area contributed by atoms with Crippen molar-refractivity contribution in [1.29, 1.82) is 0 Å². The normalized spacial score (nSPS) is 10.9. The van der Waals surface area contributed by atoms with Gasteiger partial charge in [0.2, 0.25) is 0 Å². The van der Waals surface area contributed by atoms with Crippen molar-refractivity contribution in [1.82, 2.24) is 9.88 Å². The molecule has 0 saturated carbocycles. The van der Waals surface area contributed by atoms with Crippen molar-refractivity contribution < 1.29 is 14.6 Å². The Hall–Kier alpha value is -1.18. The summed E-state index contributed by atoms with van der Waals surface area (Å²) in [6.07, 6.45) is 0. The van der Waals surface area contributed by atoms with Gasteiger partial charge in [-0.15, -0.1) is 11.3 Å². The monoisotopic (exact) mass is 273 g/mol. The van der Waals surface area contributed by atoms with Crippen molar-refractivity contribution >= 4 is 22.4 Å². The zero-order valence-corrected chi connectivity index (χ0v) is 11.7. The van der Waals surface area contributed by atoms with E-state index in [0.29, 0.717) is 29.8 Å². The van der Waals surface area contributed by atoms with E-state index in [2.05, 4.69) is 15.2 Å². The zero-order valence-electron chi connectivity index (χ0n) is 10.9. The molecule has 1 aromatic heterocycles. The van der Waals surface area contributed by atoms with Crippen LogP contribution in [0.1, 0.15) is 15.4 Å². The highest BCUT2D eigenvalue weighted by molar-refractivity contribution is 7.15. The van der Waals surface area contributed by atoms with Crippen LogP contribution in [-0.4, -0.2) is 61.4 Å². The minimum Gasteiger partial charge on any atom is -0.476 e. The fourth-order valence-electron chi connectivity index (χ4n) is 1.25. The standard InChI is InChI=1S/C11H19N3O3S/c1-8-9(10(15)16)13-11(18-8)12-4-6-17-7-5-14(2)3/h4-7H2,1-3H3,(H,12,13)(H,15,16). The summed E-state index contributed by atoms with van der Waals surface area (Å²) in [7, 11) is 3.99. The Labute approximate surface area is 111 Å². The Kier molecular flexibility index (Phi) is 6.03. The zero-order chi connectivity index (χ0) is 13.5. The number of anilines is 1. The largest absolute Gasteiger partial charge is 0.476 e. The van der Waals surface area contributed by atoms with Crippen LogP contribution in [0.25, 0.3) is 0 Å². The molecular weight excluding hydrogens is 254 g/mol. The minimum atomic E-state index is -0.987. The third kappa shape index (κ3) is 4.99. The van der Waals surface area contributed by atoms with Crippen LogP contribution in [0.2, 0.25) is 0 Å². The van der Waals surface area contributed by atoms with Gasteiger partial charge in [-0.3, -0.25) is 0 Å². The second kappa shape index (κ2) is 7.30. The van der Waals surface area contributed by atoms with Gasteiger partial charge in [-0.1, -0.05) is 0 Å². The number of rotatable bonds is 8. The van der Waals surface area contributed by atoms with Gasteiger partial charge in [-0.2, -0.15) is 0 Å². The van der Waals surface area contributed by atoms with E-state index >= 15 is 0 Å². The Morgan fingerprint density at radius 2 is 2.22 bits per heavy atom. The molecule has 0 aliphatic carbocycles. The number of nitrogens with one attached hydrogen (secondary N) is 1. The van der Waals surface area contributed by atoms with Crippen molar-refractivity contribution in [3.63, 3.8) is 0 Å². The summed E-state index contributed by atoms with van der Waals surface area (Å²) in [5, 5.41) is 12.5. The number of ether oxygens (including phenoxy) is 1. The molecule has 102 valence electrons. The van der Waals surface area contributed by atoms with Crippen LogP contribution in [0.4, 0.5) is 5.13 Å². The summed E-state index contributed by atoms with van der Waals surface area (Å²) >= 11 is 1.34. The molecule has 18 heavy (non-hydrogen) atoms. The lowest BCUT2D eigenvalue weighted by Gasteiger charge is -2.09. The average molecular weight is 273 g/mol. The van der Waals surface area contributed by atoms with Gasteiger partial charge in [0.25, 0.3) is 0 Å². The third-order valence-corrected chi connectivity index (χ3v) is 3.13. The first-order chi connectivity index (χ1) is 8.50. The van der Waals surface area contributed by atoms with E-state index in [4.69, 9.17) is 9.84 Å². The molecule has 0 fully saturated rings. The molecule has 0 saturated heterocycles. The van der Waals surface area contributed by atoms with Crippen LogP contribution < -0.4 is 5.32 Å². The maximum absolute atomic E-state index is 10.8. The summed E-state index contributed by atoms with van der Waals surface area (Å²) in [5.41, 5.74) is 0.121. The van der Waals surface area contributed by atoms with Gasteiger partial charge in [-0.25, -0.2) is 9.78 Å². The molecule has 0 atom stereocenters. The van der Waals surface area contributed by atoms with E-state index < -0.39 is 5.97 Å². The van der Waals surface area contributed by atoms with Crippen LogP contribution in [0.15, 0.2) is 0 Å². The first kappa shape index (κ1) is 14.9. The van der Waals surface area contributed by atoms with E-state index in [-0.39, 0.29) is 5.69 Å². The van der Waals surface area contributed by atoms with Gasteiger partial charge in [0.05, 0.1) is 13.2 Å². The SMILES string of the molecule is Cc1sc(NCCOCCN(C)C)nc1C(=O)O. The third-order valence-electron chi connectivity index (χ3n) is 2.20. The number of carboxylic acid groups (broad SMARTS) is 1. The Morgan fingerprint density at radius 1 is 1.50 bits per heavy atom. The van der Waals surface area contributed by atoms with Crippen LogP contribution in [-0.2, 0) is 4.74 Å². The molecule has 7 heteroatoms. The summed E-state index contributed by atoms with van der Waals surface area (Å²) < 4.78 is 5.41. The van der Waals surface area contributed by atoms with Crippen molar-refractivity contribution in [2.24, 2.45) is 0 Å². The molecule has 0 unspecified atom stereocenters. The predicted molar refractivity (Wildman–Crippen MR) is 71.7 cm³/mol. The predicted octanol–water partition coefficient (Wildman–Crippen LogP) is 1.14. The Bertz CT molecular complexity index is 393. The lowest BCUT2D eigenvalue weighted by atomic mass is 10.4. The molecule has 1 rings (SSSR count). The van der Waals surface area contributed by atoms with E-state index in [1.807, 2.05) is 14.1 Å². The topological polar surface area (TPSA) is 74.7 Å². The Morgan fingerprint density at radius 3 is 2.78 bits per heavy atom. The number of aromatic nitrogens is 1. The first-order valence-electron chi connectivity index (χ1n) is 5.67. The van der Waals surface area contributed by atoms with Gasteiger partial charge < -0.3 is 20.1 Å². The van der Waals surface area contributed by atoms with Crippen LogP contribution >= 0.6 is 11.3 Å². The van der Waals surface area contributed by atoms with Gasteiger partial charge in [-0.05, 0) is 21.0 Å². The van der Waals surface area contributed by atoms with E-state index in [1.165, 1.54) is 11.3 Å². The van der Waals surface area contributed by atoms with Crippen molar-refractivity contribution in [2.75, 3.05) is 45.7 Å². The quantitative estimate of drug-likeness (QED) is 0.692. The lowest BCUT2D eigenvalue weighted by Crippen LogP contribution is -2.20. The van der Waals surface area contributed by atoms with Gasteiger partial charge in [0.1, 0.15) is 0 Å². The molecule has 0 amide bonds. The number of likely N-dealkylation sites (N-methyl/N-ethyl adjacent to an activating group) is 1. The fraction of sp³-hybridized carbons (Fsp3) is 0.636. The van der Waals surface area contributed by atoms with Crippen molar-refractivity contribution in [2.45, 2.75) is 6.92 Å². The van der Waals surface area contributed by atoms with Crippen LogP contribution in [0.3, 0.4) is 0 Å². The summed E-state index contributed by atoms with van der Waals surface area (Å²) in [4.78, 5) is 17.6.